The fourth-order valence-electron chi connectivity index (χ4n) is 1.22. The molecule has 1 aromatic carbocycles. The minimum atomic E-state index is -3.89. The van der Waals surface area contributed by atoms with Gasteiger partial charge in [-0.15, -0.1) is 0 Å². The second kappa shape index (κ2) is 5.02. The topological polar surface area (TPSA) is 52.0 Å². The summed E-state index contributed by atoms with van der Waals surface area (Å²) in [6, 6.07) is 2.47. The Morgan fingerprint density at radius 1 is 1.11 bits per heavy atom. The highest BCUT2D eigenvalue weighted by Gasteiger charge is 2.22. The third kappa shape index (κ3) is 2.53. The van der Waals surface area contributed by atoms with Crippen LogP contribution in [0, 0.1) is 0 Å². The van der Waals surface area contributed by atoms with Gasteiger partial charge in [-0.25, -0.2) is 0 Å². The lowest BCUT2D eigenvalue weighted by atomic mass is 10.4. The maximum atomic E-state index is 12.2. The lowest BCUT2D eigenvalue weighted by Crippen LogP contribution is -2.14. The SMILES string of the molecule is O=S(=O)(c1cc(Cl)c(Cl)cc1Cl)n1cc(Br)cn1. The maximum Gasteiger partial charge on any atom is 0.284 e. The van der Waals surface area contributed by atoms with Gasteiger partial charge in [0.1, 0.15) is 4.90 Å². The minimum absolute atomic E-state index is 0.0176. The van der Waals surface area contributed by atoms with Crippen LogP contribution in [0.3, 0.4) is 0 Å². The van der Waals surface area contributed by atoms with Gasteiger partial charge in [0, 0.05) is 0 Å². The molecular weight excluding hydrogens is 386 g/mol. The summed E-state index contributed by atoms with van der Waals surface area (Å²) in [6.45, 7) is 0. The normalized spacial score (nSPS) is 11.8. The van der Waals surface area contributed by atoms with Crippen LogP contribution in [0.25, 0.3) is 0 Å². The summed E-state index contributed by atoms with van der Waals surface area (Å²) in [5.41, 5.74) is 0. The van der Waals surface area contributed by atoms with E-state index in [0.717, 1.165) is 4.09 Å². The van der Waals surface area contributed by atoms with Gasteiger partial charge in [0.05, 0.1) is 31.9 Å². The summed E-state index contributed by atoms with van der Waals surface area (Å²) < 4.78 is 25.8. The molecule has 0 fully saturated rings. The first-order chi connectivity index (χ1) is 8.32. The van der Waals surface area contributed by atoms with Crippen LogP contribution in [0.5, 0.6) is 0 Å². The van der Waals surface area contributed by atoms with Crippen LogP contribution in [0.2, 0.25) is 15.1 Å². The lowest BCUT2D eigenvalue weighted by Gasteiger charge is -2.07. The Kier molecular flexibility index (Phi) is 3.94. The third-order valence-corrected chi connectivity index (χ3v) is 5.17. The predicted octanol–water partition coefficient (Wildman–Crippen LogP) is 3.84. The van der Waals surface area contributed by atoms with E-state index in [0.29, 0.717) is 4.47 Å². The number of aromatic nitrogens is 2. The molecule has 0 radical (unpaired) electrons. The third-order valence-electron chi connectivity index (χ3n) is 2.03. The zero-order chi connectivity index (χ0) is 13.5. The van der Waals surface area contributed by atoms with Crippen LogP contribution in [0.1, 0.15) is 0 Å². The monoisotopic (exact) mass is 388 g/mol. The molecule has 0 bridgehead atoms. The number of rotatable bonds is 2. The lowest BCUT2D eigenvalue weighted by molar-refractivity contribution is 0.580. The number of hydrogen-bond acceptors (Lipinski definition) is 3. The molecule has 1 heterocycles. The van der Waals surface area contributed by atoms with E-state index in [1.54, 1.807) is 0 Å². The van der Waals surface area contributed by atoms with E-state index in [2.05, 4.69) is 21.0 Å². The molecule has 96 valence electrons. The molecule has 4 nitrogen and oxygen atoms in total. The molecule has 0 atom stereocenters. The zero-order valence-electron chi connectivity index (χ0n) is 8.44. The van der Waals surface area contributed by atoms with Crippen LogP contribution in [0.15, 0.2) is 33.9 Å². The van der Waals surface area contributed by atoms with Gasteiger partial charge in [0.2, 0.25) is 0 Å². The first kappa shape index (κ1) is 14.1. The van der Waals surface area contributed by atoms with Gasteiger partial charge in [-0.2, -0.15) is 17.6 Å². The molecule has 2 rings (SSSR count). The molecule has 9 heteroatoms. The first-order valence-corrected chi connectivity index (χ1v) is 7.79. The van der Waals surface area contributed by atoms with Crippen molar-refractivity contribution >= 4 is 60.8 Å². The van der Waals surface area contributed by atoms with E-state index < -0.39 is 10.0 Å². The van der Waals surface area contributed by atoms with Crippen molar-refractivity contribution in [3.8, 4) is 0 Å². The molecule has 0 saturated carbocycles. The molecule has 0 unspecified atom stereocenters. The Hall–Kier alpha value is -0.270. The predicted molar refractivity (Wildman–Crippen MR) is 74.0 cm³/mol. The quantitative estimate of drug-likeness (QED) is 0.732. The molecule has 0 aliphatic carbocycles. The summed E-state index contributed by atoms with van der Waals surface area (Å²) in [5, 5.41) is 3.97. The first-order valence-electron chi connectivity index (χ1n) is 4.42. The van der Waals surface area contributed by atoms with Crippen LogP contribution in [0.4, 0.5) is 0 Å². The number of halogens is 4. The second-order valence-electron chi connectivity index (χ2n) is 3.23. The van der Waals surface area contributed by atoms with Crippen LogP contribution < -0.4 is 0 Å². The summed E-state index contributed by atoms with van der Waals surface area (Å²) >= 11 is 20.5. The molecule has 0 aliphatic heterocycles. The van der Waals surface area contributed by atoms with Crippen molar-refractivity contribution in [3.63, 3.8) is 0 Å². The van der Waals surface area contributed by atoms with Crippen molar-refractivity contribution in [2.45, 2.75) is 4.90 Å². The Morgan fingerprint density at radius 2 is 1.72 bits per heavy atom. The summed E-state index contributed by atoms with van der Waals surface area (Å²) in [7, 11) is -3.89. The minimum Gasteiger partial charge on any atom is -0.199 e. The fraction of sp³-hybridized carbons (Fsp3) is 0. The molecule has 0 amide bonds. The van der Waals surface area contributed by atoms with Crippen molar-refractivity contribution in [1.29, 1.82) is 0 Å². The molecule has 0 N–H and O–H groups in total. The average Bonchev–Trinajstić information content (AvgIpc) is 2.70. The highest BCUT2D eigenvalue weighted by atomic mass is 79.9. The Labute approximate surface area is 127 Å². The van der Waals surface area contributed by atoms with E-state index in [9.17, 15) is 8.42 Å². The van der Waals surface area contributed by atoms with Crippen LogP contribution >= 0.6 is 50.7 Å². The van der Waals surface area contributed by atoms with Crippen molar-refractivity contribution in [2.24, 2.45) is 0 Å². The van der Waals surface area contributed by atoms with Gasteiger partial charge in [-0.05, 0) is 28.1 Å². The molecule has 0 saturated heterocycles. The molecule has 0 spiro atoms. The van der Waals surface area contributed by atoms with Crippen molar-refractivity contribution in [3.05, 3.63) is 44.1 Å². The number of hydrogen-bond donors (Lipinski definition) is 0. The smallest absolute Gasteiger partial charge is 0.199 e. The standard InChI is InChI=1S/C9H4BrCl3N2O2S/c10-5-3-14-15(4-5)18(16,17)9-2-7(12)6(11)1-8(9)13/h1-4H. The van der Waals surface area contributed by atoms with Crippen LogP contribution in [-0.2, 0) is 10.0 Å². The Bertz CT molecular complexity index is 715. The molecule has 2 aromatic rings. The van der Waals surface area contributed by atoms with Gasteiger partial charge in [0.25, 0.3) is 10.0 Å². The van der Waals surface area contributed by atoms with E-state index in [4.69, 9.17) is 34.8 Å². The second-order valence-corrected chi connectivity index (χ2v) is 7.13. The average molecular weight is 390 g/mol. The van der Waals surface area contributed by atoms with Crippen molar-refractivity contribution < 1.29 is 8.42 Å². The highest BCUT2D eigenvalue weighted by Crippen LogP contribution is 2.32. The largest absolute Gasteiger partial charge is 0.284 e. The van der Waals surface area contributed by atoms with Gasteiger partial charge in [-0.3, -0.25) is 0 Å². The summed E-state index contributed by atoms with van der Waals surface area (Å²) in [6.07, 6.45) is 2.65. The van der Waals surface area contributed by atoms with Gasteiger partial charge in [-0.1, -0.05) is 34.8 Å². The Morgan fingerprint density at radius 3 is 2.28 bits per heavy atom. The number of benzene rings is 1. The van der Waals surface area contributed by atoms with Gasteiger partial charge >= 0.3 is 0 Å². The summed E-state index contributed by atoms with van der Waals surface area (Å²) in [4.78, 5) is -0.158. The summed E-state index contributed by atoms with van der Waals surface area (Å²) in [5.74, 6) is 0. The van der Waals surface area contributed by atoms with E-state index >= 15 is 0 Å². The molecule has 18 heavy (non-hydrogen) atoms. The Balaban J connectivity index is 2.65. The van der Waals surface area contributed by atoms with Gasteiger partial charge in [0.15, 0.2) is 0 Å². The zero-order valence-corrected chi connectivity index (χ0v) is 13.1. The number of nitrogens with zero attached hydrogens (tertiary/aromatic N) is 2. The molecule has 0 aliphatic rings. The van der Waals surface area contributed by atoms with Gasteiger partial charge < -0.3 is 0 Å². The molecular formula is C9H4BrCl3N2O2S. The molecule has 1 aromatic heterocycles. The van der Waals surface area contributed by atoms with E-state index in [1.165, 1.54) is 24.5 Å². The van der Waals surface area contributed by atoms with Crippen molar-refractivity contribution in [2.75, 3.05) is 0 Å². The van der Waals surface area contributed by atoms with Crippen molar-refractivity contribution in [1.82, 2.24) is 9.19 Å². The van der Waals surface area contributed by atoms with E-state index in [1.807, 2.05) is 0 Å². The van der Waals surface area contributed by atoms with Crippen LogP contribution in [-0.4, -0.2) is 17.6 Å². The fourth-order valence-corrected chi connectivity index (χ4v) is 3.74. The maximum absolute atomic E-state index is 12.2. The highest BCUT2D eigenvalue weighted by molar-refractivity contribution is 9.10. The van der Waals surface area contributed by atoms with E-state index in [-0.39, 0.29) is 20.0 Å².